The number of nitrogens with zero attached hydrogens (tertiary/aromatic N) is 6. The van der Waals surface area contributed by atoms with Crippen LogP contribution >= 0.6 is 0 Å². The number of hydrogen-bond donors (Lipinski definition) is 0. The summed E-state index contributed by atoms with van der Waals surface area (Å²) in [5.74, 6) is 0.813. The van der Waals surface area contributed by atoms with E-state index in [-0.39, 0.29) is 18.6 Å². The first kappa shape index (κ1) is 15.4. The van der Waals surface area contributed by atoms with Crippen molar-refractivity contribution in [1.29, 1.82) is 0 Å². The summed E-state index contributed by atoms with van der Waals surface area (Å²) >= 11 is 0. The number of imidazole rings is 1. The van der Waals surface area contributed by atoms with Crippen LogP contribution in [0.3, 0.4) is 0 Å². The molecule has 122 valence electrons. The largest absolute Gasteiger partial charge is 0.368 e. The van der Waals surface area contributed by atoms with Gasteiger partial charge in [0.15, 0.2) is 5.82 Å². The Hall–Kier alpha value is -2.48. The van der Waals surface area contributed by atoms with Crippen molar-refractivity contribution in [2.75, 3.05) is 38.7 Å². The first-order valence-corrected chi connectivity index (χ1v) is 7.48. The normalized spacial score (nSPS) is 18.0. The number of morpholine rings is 1. The van der Waals surface area contributed by atoms with Crippen molar-refractivity contribution < 1.29 is 9.53 Å². The van der Waals surface area contributed by atoms with Crippen LogP contribution in [0.15, 0.2) is 31.1 Å². The van der Waals surface area contributed by atoms with Gasteiger partial charge < -0.3 is 19.1 Å². The Kier molecular flexibility index (Phi) is 4.52. The van der Waals surface area contributed by atoms with Gasteiger partial charge >= 0.3 is 0 Å². The molecular formula is C15H20N6O2. The zero-order valence-electron chi connectivity index (χ0n) is 13.3. The molecule has 1 aliphatic rings. The molecule has 0 N–H and O–H groups in total. The first-order chi connectivity index (χ1) is 11.1. The van der Waals surface area contributed by atoms with E-state index in [9.17, 15) is 4.79 Å². The number of carbonyl (C=O) groups is 1. The van der Waals surface area contributed by atoms with Crippen LogP contribution in [0.4, 0.5) is 5.82 Å². The second kappa shape index (κ2) is 6.74. The van der Waals surface area contributed by atoms with Crippen molar-refractivity contribution >= 4 is 11.7 Å². The van der Waals surface area contributed by atoms with E-state index in [1.807, 2.05) is 23.9 Å². The molecule has 3 heterocycles. The monoisotopic (exact) mass is 316 g/mol. The molecule has 2 aromatic rings. The Morgan fingerprint density at radius 2 is 2.17 bits per heavy atom. The summed E-state index contributed by atoms with van der Waals surface area (Å²) in [5, 5.41) is 0. The predicted molar refractivity (Wildman–Crippen MR) is 83.9 cm³/mol. The Labute approximate surface area is 134 Å². The molecule has 3 rings (SSSR count). The van der Waals surface area contributed by atoms with Gasteiger partial charge in [0.05, 0.1) is 19.5 Å². The van der Waals surface area contributed by atoms with E-state index in [4.69, 9.17) is 4.74 Å². The van der Waals surface area contributed by atoms with Crippen LogP contribution in [0.25, 0.3) is 0 Å². The van der Waals surface area contributed by atoms with E-state index in [2.05, 4.69) is 15.0 Å². The molecule has 1 atom stereocenters. The molecule has 1 aliphatic heterocycles. The maximum atomic E-state index is 12.4. The fourth-order valence-electron chi connectivity index (χ4n) is 2.59. The molecule has 2 aromatic heterocycles. The number of carbonyl (C=O) groups excluding carboxylic acids is 1. The lowest BCUT2D eigenvalue weighted by Crippen LogP contribution is -2.44. The molecule has 0 radical (unpaired) electrons. The smallest absolute Gasteiger partial charge is 0.242 e. The van der Waals surface area contributed by atoms with Crippen molar-refractivity contribution in [3.63, 3.8) is 0 Å². The zero-order chi connectivity index (χ0) is 16.2. The highest BCUT2D eigenvalue weighted by molar-refractivity contribution is 5.76. The molecule has 0 saturated carbocycles. The van der Waals surface area contributed by atoms with Gasteiger partial charge in [-0.05, 0) is 0 Å². The third kappa shape index (κ3) is 3.48. The summed E-state index contributed by atoms with van der Waals surface area (Å²) in [6.07, 6.45) is 8.13. The maximum Gasteiger partial charge on any atom is 0.242 e. The number of hydrogen-bond acceptors (Lipinski definition) is 6. The van der Waals surface area contributed by atoms with Crippen molar-refractivity contribution in [3.8, 4) is 0 Å². The van der Waals surface area contributed by atoms with Crippen LogP contribution < -0.4 is 4.90 Å². The molecule has 0 spiro atoms. The lowest BCUT2D eigenvalue weighted by Gasteiger charge is -2.33. The minimum atomic E-state index is -0.262. The second-order valence-electron chi connectivity index (χ2n) is 5.59. The molecule has 0 aliphatic carbocycles. The van der Waals surface area contributed by atoms with Crippen LogP contribution in [0.2, 0.25) is 0 Å². The summed E-state index contributed by atoms with van der Waals surface area (Å²) in [7, 11) is 3.83. The van der Waals surface area contributed by atoms with E-state index in [0.29, 0.717) is 19.7 Å². The minimum absolute atomic E-state index is 0.0478. The Bertz CT molecular complexity index is 658. The van der Waals surface area contributed by atoms with E-state index in [1.54, 1.807) is 35.7 Å². The quantitative estimate of drug-likeness (QED) is 0.809. The first-order valence-electron chi connectivity index (χ1n) is 7.48. The van der Waals surface area contributed by atoms with Crippen LogP contribution in [0, 0.1) is 0 Å². The van der Waals surface area contributed by atoms with Crippen LogP contribution in [0.1, 0.15) is 11.8 Å². The summed E-state index contributed by atoms with van der Waals surface area (Å²) in [6.45, 7) is 1.84. The highest BCUT2D eigenvalue weighted by Gasteiger charge is 2.28. The lowest BCUT2D eigenvalue weighted by atomic mass is 10.2. The summed E-state index contributed by atoms with van der Waals surface area (Å²) in [5.41, 5.74) is 0.762. The van der Waals surface area contributed by atoms with E-state index in [0.717, 1.165) is 11.5 Å². The lowest BCUT2D eigenvalue weighted by molar-refractivity contribution is -0.139. The molecule has 23 heavy (non-hydrogen) atoms. The number of anilines is 1. The SMILES string of the molecule is CN(C)c1nccnc1C1CN(C(=O)Cn2ccnc2)CCO1. The Balaban J connectivity index is 1.72. The van der Waals surface area contributed by atoms with E-state index in [1.165, 1.54) is 0 Å². The van der Waals surface area contributed by atoms with Gasteiger partial charge in [0, 0.05) is 45.4 Å². The standard InChI is InChI=1S/C15H20N6O2/c1-19(2)15-14(17-3-4-18-15)12-9-21(7-8-23-12)13(22)10-20-6-5-16-11-20/h3-6,11-12H,7-10H2,1-2H3. The van der Waals surface area contributed by atoms with Gasteiger partial charge in [-0.15, -0.1) is 0 Å². The molecule has 8 heteroatoms. The van der Waals surface area contributed by atoms with Gasteiger partial charge in [0.2, 0.25) is 5.91 Å². The van der Waals surface area contributed by atoms with Gasteiger partial charge in [-0.25, -0.2) is 9.97 Å². The maximum absolute atomic E-state index is 12.4. The molecule has 8 nitrogen and oxygen atoms in total. The Morgan fingerprint density at radius 1 is 1.35 bits per heavy atom. The van der Waals surface area contributed by atoms with Crippen molar-refractivity contribution in [3.05, 3.63) is 36.8 Å². The fourth-order valence-corrected chi connectivity index (χ4v) is 2.59. The van der Waals surface area contributed by atoms with Crippen LogP contribution in [-0.4, -0.2) is 64.1 Å². The molecule has 0 bridgehead atoms. The highest BCUT2D eigenvalue weighted by Crippen LogP contribution is 2.26. The molecular weight excluding hydrogens is 296 g/mol. The average Bonchev–Trinajstić information content (AvgIpc) is 3.08. The number of aromatic nitrogens is 4. The average molecular weight is 316 g/mol. The fraction of sp³-hybridized carbons (Fsp3) is 0.467. The number of amides is 1. The van der Waals surface area contributed by atoms with Gasteiger partial charge in [0.1, 0.15) is 18.3 Å². The van der Waals surface area contributed by atoms with Crippen molar-refractivity contribution in [1.82, 2.24) is 24.4 Å². The second-order valence-corrected chi connectivity index (χ2v) is 5.59. The van der Waals surface area contributed by atoms with Gasteiger partial charge in [0.25, 0.3) is 0 Å². The molecule has 1 fully saturated rings. The van der Waals surface area contributed by atoms with Crippen LogP contribution in [0.5, 0.6) is 0 Å². The van der Waals surface area contributed by atoms with Crippen molar-refractivity contribution in [2.45, 2.75) is 12.6 Å². The highest BCUT2D eigenvalue weighted by atomic mass is 16.5. The summed E-state index contributed by atoms with van der Waals surface area (Å²) in [4.78, 5) is 28.9. The number of rotatable bonds is 4. The van der Waals surface area contributed by atoms with E-state index < -0.39 is 0 Å². The minimum Gasteiger partial charge on any atom is -0.368 e. The molecule has 1 unspecified atom stereocenters. The summed E-state index contributed by atoms with van der Waals surface area (Å²) < 4.78 is 7.59. The van der Waals surface area contributed by atoms with Crippen LogP contribution in [-0.2, 0) is 16.1 Å². The van der Waals surface area contributed by atoms with E-state index >= 15 is 0 Å². The third-order valence-electron chi connectivity index (χ3n) is 3.73. The third-order valence-corrected chi connectivity index (χ3v) is 3.73. The van der Waals surface area contributed by atoms with Gasteiger partial charge in [-0.3, -0.25) is 9.78 Å². The van der Waals surface area contributed by atoms with Gasteiger partial charge in [-0.2, -0.15) is 0 Å². The summed E-state index contributed by atoms with van der Waals surface area (Å²) in [6, 6.07) is 0. The molecule has 1 saturated heterocycles. The number of ether oxygens (including phenoxy) is 1. The molecule has 0 aromatic carbocycles. The Morgan fingerprint density at radius 3 is 2.91 bits per heavy atom. The topological polar surface area (TPSA) is 76.4 Å². The zero-order valence-corrected chi connectivity index (χ0v) is 13.3. The van der Waals surface area contributed by atoms with Gasteiger partial charge in [-0.1, -0.05) is 0 Å². The molecule has 1 amide bonds. The predicted octanol–water partition coefficient (Wildman–Crippen LogP) is 0.339. The van der Waals surface area contributed by atoms with Crippen molar-refractivity contribution in [2.24, 2.45) is 0 Å².